The monoisotopic (exact) mass is 381 g/mol. The van der Waals surface area contributed by atoms with Crippen molar-refractivity contribution in [3.05, 3.63) is 53.0 Å². The van der Waals surface area contributed by atoms with E-state index in [4.69, 9.17) is 0 Å². The van der Waals surface area contributed by atoms with Crippen LogP contribution in [-0.4, -0.2) is 27.9 Å². The molecular weight excluding hydrogens is 366 g/mol. The van der Waals surface area contributed by atoms with Gasteiger partial charge in [0.2, 0.25) is 5.95 Å². The van der Waals surface area contributed by atoms with E-state index in [1.807, 2.05) is 37.3 Å². The summed E-state index contributed by atoms with van der Waals surface area (Å²) in [5, 5.41) is 6.41. The molecule has 0 saturated carbocycles. The Kier molecular flexibility index (Phi) is 4.36. The number of thiophene rings is 1. The molecule has 0 aliphatic heterocycles. The second kappa shape index (κ2) is 6.81. The molecule has 0 fully saturated rings. The van der Waals surface area contributed by atoms with Gasteiger partial charge in [-0.1, -0.05) is 23.5 Å². The third kappa shape index (κ3) is 3.16. The van der Waals surface area contributed by atoms with Crippen LogP contribution in [0.3, 0.4) is 0 Å². The summed E-state index contributed by atoms with van der Waals surface area (Å²) in [6, 6.07) is 11.5. The normalized spacial score (nSPS) is 10.8. The highest BCUT2D eigenvalue weighted by atomic mass is 32.1. The standard InChI is InChI=1S/C18H15N5OS2/c1-10-4-3-5-13-15(10)22-18(26-13)23-16(24)14-7-6-12(25-14)11-8-9-20-17(19-2)21-11/h3-9H,1-2H3,(H,19,20,21)(H,22,23,24). The van der Waals surface area contributed by atoms with Crippen LogP contribution in [0.2, 0.25) is 0 Å². The van der Waals surface area contributed by atoms with Gasteiger partial charge in [0.15, 0.2) is 5.13 Å². The molecular formula is C18H15N5OS2. The lowest BCUT2D eigenvalue weighted by Gasteiger charge is -2.00. The van der Waals surface area contributed by atoms with Gasteiger partial charge >= 0.3 is 0 Å². The largest absolute Gasteiger partial charge is 0.357 e. The van der Waals surface area contributed by atoms with Gasteiger partial charge in [-0.3, -0.25) is 10.1 Å². The lowest BCUT2D eigenvalue weighted by Crippen LogP contribution is -2.09. The first kappa shape index (κ1) is 16.6. The zero-order valence-corrected chi connectivity index (χ0v) is 15.7. The number of carbonyl (C=O) groups excluding carboxylic acids is 1. The molecule has 6 nitrogen and oxygen atoms in total. The van der Waals surface area contributed by atoms with Crippen molar-refractivity contribution in [3.63, 3.8) is 0 Å². The molecule has 3 heterocycles. The minimum atomic E-state index is -0.166. The van der Waals surface area contributed by atoms with E-state index in [9.17, 15) is 4.79 Å². The van der Waals surface area contributed by atoms with Crippen LogP contribution in [0.4, 0.5) is 11.1 Å². The zero-order chi connectivity index (χ0) is 18.1. The second-order valence-corrected chi connectivity index (χ2v) is 7.69. The van der Waals surface area contributed by atoms with Crippen LogP contribution in [0.1, 0.15) is 15.2 Å². The van der Waals surface area contributed by atoms with Gasteiger partial charge in [0.25, 0.3) is 5.91 Å². The zero-order valence-electron chi connectivity index (χ0n) is 14.1. The Labute approximate surface area is 158 Å². The average molecular weight is 381 g/mol. The maximum atomic E-state index is 12.6. The predicted molar refractivity (Wildman–Crippen MR) is 107 cm³/mol. The van der Waals surface area contributed by atoms with Gasteiger partial charge in [-0.15, -0.1) is 11.3 Å². The molecule has 4 rings (SSSR count). The molecule has 0 spiro atoms. The maximum Gasteiger partial charge on any atom is 0.267 e. The van der Waals surface area contributed by atoms with Crippen LogP contribution in [0.25, 0.3) is 20.8 Å². The van der Waals surface area contributed by atoms with Gasteiger partial charge in [-0.25, -0.2) is 15.0 Å². The van der Waals surface area contributed by atoms with Crippen LogP contribution in [0.15, 0.2) is 42.6 Å². The van der Waals surface area contributed by atoms with Crippen molar-refractivity contribution in [2.45, 2.75) is 6.92 Å². The second-order valence-electron chi connectivity index (χ2n) is 5.57. The van der Waals surface area contributed by atoms with Crippen molar-refractivity contribution < 1.29 is 4.79 Å². The van der Waals surface area contributed by atoms with Gasteiger partial charge in [-0.2, -0.15) is 0 Å². The number of nitrogens with zero attached hydrogens (tertiary/aromatic N) is 3. The molecule has 8 heteroatoms. The maximum absolute atomic E-state index is 12.6. The van der Waals surface area contributed by atoms with Crippen molar-refractivity contribution in [1.29, 1.82) is 0 Å². The number of hydrogen-bond donors (Lipinski definition) is 2. The lowest BCUT2D eigenvalue weighted by molar-refractivity contribution is 0.103. The number of hydrogen-bond acceptors (Lipinski definition) is 7. The predicted octanol–water partition coefficient (Wildman–Crippen LogP) is 4.42. The number of aromatic nitrogens is 3. The third-order valence-electron chi connectivity index (χ3n) is 3.80. The summed E-state index contributed by atoms with van der Waals surface area (Å²) in [5.41, 5.74) is 2.81. The summed E-state index contributed by atoms with van der Waals surface area (Å²) in [6.45, 7) is 2.01. The van der Waals surface area contributed by atoms with Crippen molar-refractivity contribution >= 4 is 49.9 Å². The SMILES string of the molecule is CNc1nccc(-c2ccc(C(=O)Nc3nc4c(C)cccc4s3)s2)n1. The molecule has 1 amide bonds. The highest BCUT2D eigenvalue weighted by Gasteiger charge is 2.14. The van der Waals surface area contributed by atoms with Gasteiger partial charge in [0.05, 0.1) is 25.7 Å². The first-order valence-corrected chi connectivity index (χ1v) is 9.56. The first-order chi connectivity index (χ1) is 12.6. The van der Waals surface area contributed by atoms with E-state index in [0.29, 0.717) is 16.0 Å². The van der Waals surface area contributed by atoms with E-state index in [-0.39, 0.29) is 5.91 Å². The number of nitrogens with one attached hydrogen (secondary N) is 2. The molecule has 0 aliphatic rings. The van der Waals surface area contributed by atoms with Crippen LogP contribution in [0.5, 0.6) is 0 Å². The highest BCUT2D eigenvalue weighted by Crippen LogP contribution is 2.30. The quantitative estimate of drug-likeness (QED) is 0.547. The number of carbonyl (C=O) groups is 1. The van der Waals surface area contributed by atoms with E-state index >= 15 is 0 Å². The summed E-state index contributed by atoms with van der Waals surface area (Å²) in [5.74, 6) is 0.382. The summed E-state index contributed by atoms with van der Waals surface area (Å²) in [4.78, 5) is 27.1. The Balaban J connectivity index is 1.56. The summed E-state index contributed by atoms with van der Waals surface area (Å²) < 4.78 is 1.06. The van der Waals surface area contributed by atoms with Crippen molar-refractivity contribution in [2.75, 3.05) is 17.7 Å². The molecule has 0 aliphatic carbocycles. The minimum absolute atomic E-state index is 0.166. The number of anilines is 2. The van der Waals surface area contributed by atoms with Crippen LogP contribution < -0.4 is 10.6 Å². The van der Waals surface area contributed by atoms with Crippen LogP contribution >= 0.6 is 22.7 Å². The summed E-state index contributed by atoms with van der Waals surface area (Å²) in [6.07, 6.45) is 1.69. The first-order valence-electron chi connectivity index (χ1n) is 7.92. The number of para-hydroxylation sites is 1. The molecule has 130 valence electrons. The molecule has 3 aromatic heterocycles. The molecule has 0 bridgehead atoms. The fourth-order valence-electron chi connectivity index (χ4n) is 2.51. The average Bonchev–Trinajstić information content (AvgIpc) is 3.29. The molecule has 4 aromatic rings. The Morgan fingerprint density at radius 2 is 1.96 bits per heavy atom. The van der Waals surface area contributed by atoms with Crippen molar-refractivity contribution in [2.24, 2.45) is 0 Å². The van der Waals surface area contributed by atoms with E-state index in [1.165, 1.54) is 22.7 Å². The number of amides is 1. The highest BCUT2D eigenvalue weighted by molar-refractivity contribution is 7.22. The Morgan fingerprint density at radius 1 is 1.08 bits per heavy atom. The number of rotatable bonds is 4. The molecule has 0 saturated heterocycles. The van der Waals surface area contributed by atoms with Crippen LogP contribution in [-0.2, 0) is 0 Å². The third-order valence-corrected chi connectivity index (χ3v) is 5.85. The smallest absolute Gasteiger partial charge is 0.267 e. The fourth-order valence-corrected chi connectivity index (χ4v) is 4.32. The number of aryl methyl sites for hydroxylation is 1. The fraction of sp³-hybridized carbons (Fsp3) is 0.111. The van der Waals surface area contributed by atoms with E-state index in [2.05, 4.69) is 25.6 Å². The number of thiazole rings is 1. The number of benzene rings is 1. The van der Waals surface area contributed by atoms with E-state index in [1.54, 1.807) is 19.3 Å². The molecule has 0 radical (unpaired) electrons. The van der Waals surface area contributed by atoms with Gasteiger partial charge < -0.3 is 5.32 Å². The van der Waals surface area contributed by atoms with Crippen LogP contribution in [0, 0.1) is 6.92 Å². The topological polar surface area (TPSA) is 79.8 Å². The molecule has 0 unspecified atom stereocenters. The van der Waals surface area contributed by atoms with Gasteiger partial charge in [0, 0.05) is 13.2 Å². The number of fused-ring (bicyclic) bond motifs is 1. The lowest BCUT2D eigenvalue weighted by atomic mass is 10.2. The molecule has 1 aromatic carbocycles. The Morgan fingerprint density at radius 3 is 2.77 bits per heavy atom. The Bertz CT molecular complexity index is 1100. The van der Waals surface area contributed by atoms with Gasteiger partial charge in [0.1, 0.15) is 0 Å². The minimum Gasteiger partial charge on any atom is -0.357 e. The Hall–Kier alpha value is -2.84. The summed E-state index contributed by atoms with van der Waals surface area (Å²) in [7, 11) is 1.77. The van der Waals surface area contributed by atoms with Crippen molar-refractivity contribution in [3.8, 4) is 10.6 Å². The summed E-state index contributed by atoms with van der Waals surface area (Å²) >= 11 is 2.86. The van der Waals surface area contributed by atoms with E-state index in [0.717, 1.165) is 26.4 Å². The van der Waals surface area contributed by atoms with Gasteiger partial charge in [-0.05, 0) is 36.8 Å². The molecule has 2 N–H and O–H groups in total. The van der Waals surface area contributed by atoms with E-state index < -0.39 is 0 Å². The van der Waals surface area contributed by atoms with Crippen molar-refractivity contribution in [1.82, 2.24) is 15.0 Å². The molecule has 26 heavy (non-hydrogen) atoms. The molecule has 0 atom stereocenters.